The lowest BCUT2D eigenvalue weighted by Crippen LogP contribution is -2.41. The standard InChI is InChI=1S/C20H27N2O3S.C14H22BrN2O3S.C10H14BrN2OS.C6H4BrNO.C4H10OS.H3N/c1-5-25-19(23)12-18(22-26(24)20(2,3)4)17-11-16(13-21-14-17)15-9-7-6-8-10-15;1-5-20-13(18)7-12(17-21(19)14(2,3)4)10-6-11(15)9-16-8-10;1-10(2,3)15(14)13-6-8-4-9(11)7-12-5-8;7-6-1-5(4-9)2-8-3-6;1-4(2,3)6-5;/h6-11,13-14,18,22,24H,5,12H2,1-4H3;6,8-9,12,17,19H,5,7H2,1-4H3;4-7,14H,1-3H3;1-4H;5H,1-3H3;1H3/q3*+1;;;/p+1/t18-,26?;12-,21?;;;;/m00..../s1. The Hall–Kier alpha value is -3.34. The first-order chi connectivity index (χ1) is 35.8. The molecule has 4 heterocycles. The Kier molecular flexibility index (Phi) is 36.0. The van der Waals surface area contributed by atoms with E-state index in [1.807, 2.05) is 132 Å². The van der Waals surface area contributed by atoms with Gasteiger partial charge < -0.3 is 15.6 Å². The number of benzene rings is 1. The maximum Gasteiger partial charge on any atom is 0.307 e. The molecule has 0 aliphatic rings. The van der Waals surface area contributed by atoms with E-state index in [1.54, 1.807) is 69.5 Å². The van der Waals surface area contributed by atoms with Gasteiger partial charge in [0, 0.05) is 79.7 Å². The number of esters is 2. The average molecular weight is 1350 g/mol. The zero-order chi connectivity index (χ0) is 58.6. The summed E-state index contributed by atoms with van der Waals surface area (Å²) in [5.74, 6) is -0.609. The van der Waals surface area contributed by atoms with Gasteiger partial charge in [-0.1, -0.05) is 39.8 Å². The fraction of sp³-hybridized carbons (Fsp3) is 0.444. The molecule has 0 fully saturated rings. The average Bonchev–Trinajstić information content (AvgIpc) is 3.35. The van der Waals surface area contributed by atoms with Gasteiger partial charge in [-0.2, -0.15) is 18.2 Å². The van der Waals surface area contributed by atoms with Gasteiger partial charge in [0.05, 0.1) is 44.4 Å². The minimum absolute atomic E-state index is 0. The van der Waals surface area contributed by atoms with Crippen LogP contribution in [0.2, 0.25) is 0 Å². The van der Waals surface area contributed by atoms with Crippen LogP contribution in [0.25, 0.3) is 11.1 Å². The van der Waals surface area contributed by atoms with E-state index in [9.17, 15) is 28.0 Å². The van der Waals surface area contributed by atoms with Crippen molar-refractivity contribution in [3.8, 4) is 11.1 Å². The van der Waals surface area contributed by atoms with E-state index < -0.39 is 34.1 Å². The summed E-state index contributed by atoms with van der Waals surface area (Å²) >= 11 is 7.26. The molecule has 4 aromatic heterocycles. The smallest absolute Gasteiger partial charge is 0.307 e. The highest BCUT2D eigenvalue weighted by Gasteiger charge is 2.39. The number of ether oxygens (including phenoxy) is 2. The third kappa shape index (κ3) is 32.8. The van der Waals surface area contributed by atoms with Crippen molar-refractivity contribution in [2.45, 2.75) is 141 Å². The first kappa shape index (κ1) is 74.7. The monoisotopic (exact) mass is 1350 g/mol. The van der Waals surface area contributed by atoms with Crippen LogP contribution < -0.4 is 15.6 Å². The zero-order valence-corrected chi connectivity index (χ0v) is 55.1. The van der Waals surface area contributed by atoms with E-state index in [0.29, 0.717) is 30.8 Å². The van der Waals surface area contributed by atoms with Gasteiger partial charge in [-0.05, 0) is 190 Å². The number of hydrogen-bond donors (Lipinski definition) is 7. The molecule has 0 radical (unpaired) electrons. The topological polar surface area (TPSA) is 274 Å². The SMILES string of the molecule is CC(C)(C)[S+](O)N=Cc1cncc(Br)c1.CC(C)(C)[SH+]O.CCOC(=O)C[C@H](N[S+](O)C(C)(C)C)c1cncc(-c2ccccc2)c1.CCOC(=O)C[C@H](N[S+](O)C(C)(C)C)c1cncc(Br)c1.N.O=Cc1cncc(Br)c1. The van der Waals surface area contributed by atoms with Crippen molar-refractivity contribution in [1.29, 1.82) is 0 Å². The highest BCUT2D eigenvalue weighted by Crippen LogP contribution is 2.28. The molecule has 9 N–H and O–H groups in total. The van der Waals surface area contributed by atoms with Crippen molar-refractivity contribution in [3.05, 3.63) is 140 Å². The van der Waals surface area contributed by atoms with Crippen LogP contribution in [0, 0.1) is 0 Å². The van der Waals surface area contributed by atoms with E-state index in [-0.39, 0.29) is 62.0 Å². The molecule has 5 aromatic rings. The molecule has 1 aromatic carbocycles. The van der Waals surface area contributed by atoms with Crippen LogP contribution in [-0.4, -0.2) is 94.8 Å². The molecular formula is C54H81Br3N8O9S4+4. The van der Waals surface area contributed by atoms with E-state index in [4.69, 9.17) is 14.0 Å². The number of pyridine rings is 4. The van der Waals surface area contributed by atoms with Crippen LogP contribution in [0.5, 0.6) is 0 Å². The Morgan fingerprint density at radius 2 is 1.01 bits per heavy atom. The first-order valence-electron chi connectivity index (χ1n) is 24.1. The molecule has 0 aliphatic carbocycles. The van der Waals surface area contributed by atoms with Crippen molar-refractivity contribution >= 4 is 118 Å². The minimum atomic E-state index is -1.07. The molecule has 24 heteroatoms. The van der Waals surface area contributed by atoms with Gasteiger partial charge in [0.1, 0.15) is 16.8 Å². The van der Waals surface area contributed by atoms with Crippen LogP contribution in [0.3, 0.4) is 0 Å². The van der Waals surface area contributed by atoms with Gasteiger partial charge in [0.25, 0.3) is 11.4 Å². The summed E-state index contributed by atoms with van der Waals surface area (Å²) in [6.07, 6.45) is 16.1. The Balaban J connectivity index is 0.00000102. The molecule has 0 saturated carbocycles. The third-order valence-corrected chi connectivity index (χ3v) is 15.8. The number of aldehydes is 1. The van der Waals surface area contributed by atoms with Gasteiger partial charge in [-0.15, -0.1) is 0 Å². The largest absolute Gasteiger partial charge is 0.466 e. The molecule has 3 unspecified atom stereocenters. The second kappa shape index (κ2) is 37.6. The molecular weight excluding hydrogens is 1270 g/mol. The molecule has 0 amide bonds. The van der Waals surface area contributed by atoms with Crippen LogP contribution in [0.4, 0.5) is 0 Å². The molecule has 17 nitrogen and oxygen atoms in total. The number of nitrogens with one attached hydrogen (secondary N) is 2. The number of hydrogen-bond acceptors (Lipinski definition) is 17. The van der Waals surface area contributed by atoms with Crippen molar-refractivity contribution in [3.63, 3.8) is 0 Å². The summed E-state index contributed by atoms with van der Waals surface area (Å²) in [5, 5.41) is 0. The van der Waals surface area contributed by atoms with Crippen molar-refractivity contribution < 1.29 is 42.1 Å². The maximum absolute atomic E-state index is 12.1. The van der Waals surface area contributed by atoms with E-state index in [1.165, 1.54) is 6.20 Å². The van der Waals surface area contributed by atoms with Crippen molar-refractivity contribution in [1.82, 2.24) is 35.5 Å². The number of carbonyl (C=O) groups excluding carboxylic acids is 3. The lowest BCUT2D eigenvalue weighted by molar-refractivity contribution is -0.144. The fourth-order valence-corrected chi connectivity index (χ4v) is 8.54. The van der Waals surface area contributed by atoms with E-state index >= 15 is 0 Å². The van der Waals surface area contributed by atoms with Crippen molar-refractivity contribution in [2.24, 2.45) is 4.40 Å². The predicted octanol–water partition coefficient (Wildman–Crippen LogP) is 13.3. The molecule has 5 rings (SSSR count). The third-order valence-electron chi connectivity index (χ3n) is 9.15. The highest BCUT2D eigenvalue weighted by atomic mass is 79.9. The predicted molar refractivity (Wildman–Crippen MR) is 338 cm³/mol. The molecule has 0 spiro atoms. The number of aromatic nitrogens is 4. The highest BCUT2D eigenvalue weighted by molar-refractivity contribution is 9.11. The van der Waals surface area contributed by atoms with Gasteiger partial charge in [-0.25, -0.2) is 0 Å². The van der Waals surface area contributed by atoms with Gasteiger partial charge >= 0.3 is 11.9 Å². The molecule has 0 aliphatic heterocycles. The second-order valence-corrected chi connectivity index (χ2v) is 30.6. The Labute approximate surface area is 501 Å². The summed E-state index contributed by atoms with van der Waals surface area (Å²) in [7, 11) is 0. The Morgan fingerprint density at radius 3 is 1.38 bits per heavy atom. The number of thiol groups is 1. The molecule has 0 bridgehead atoms. The molecule has 0 saturated heterocycles. The van der Waals surface area contributed by atoms with Crippen LogP contribution >= 0.6 is 47.8 Å². The summed E-state index contributed by atoms with van der Waals surface area (Å²) in [5.41, 5.74) is 5.15. The Morgan fingerprint density at radius 1 is 0.615 bits per heavy atom. The summed E-state index contributed by atoms with van der Waals surface area (Å²) in [6.45, 7) is 27.7. The quantitative estimate of drug-likeness (QED) is 0.0159. The van der Waals surface area contributed by atoms with E-state index in [0.717, 1.165) is 47.5 Å². The Bertz CT molecular complexity index is 2550. The minimum Gasteiger partial charge on any atom is -0.466 e. The number of rotatable bonds is 16. The lowest BCUT2D eigenvalue weighted by Gasteiger charge is -2.21. The normalized spacial score (nSPS) is 13.3. The van der Waals surface area contributed by atoms with E-state index in [2.05, 4.69) is 81.6 Å². The van der Waals surface area contributed by atoms with Gasteiger partial charge in [0.2, 0.25) is 22.7 Å². The van der Waals surface area contributed by atoms with Crippen LogP contribution in [0.1, 0.15) is 149 Å². The van der Waals surface area contributed by atoms with Crippen LogP contribution in [0.15, 0.2) is 122 Å². The number of carbonyl (C=O) groups is 3. The fourth-order valence-electron chi connectivity index (χ4n) is 5.17. The number of halogens is 3. The second-order valence-electron chi connectivity index (χ2n) is 20.3. The molecule has 78 heavy (non-hydrogen) atoms. The summed E-state index contributed by atoms with van der Waals surface area (Å²) in [6, 6.07) is 16.7. The first-order valence-corrected chi connectivity index (χ1v) is 30.9. The van der Waals surface area contributed by atoms with Gasteiger partial charge in [0.15, 0.2) is 20.5 Å². The zero-order valence-electron chi connectivity index (χ0n) is 47.0. The summed E-state index contributed by atoms with van der Waals surface area (Å²) < 4.78 is 61.1. The van der Waals surface area contributed by atoms with Gasteiger partial charge in [-0.3, -0.25) is 34.3 Å². The summed E-state index contributed by atoms with van der Waals surface area (Å²) in [4.78, 5) is 50.1. The lowest BCUT2D eigenvalue weighted by atomic mass is 10.0. The van der Waals surface area contributed by atoms with Crippen molar-refractivity contribution in [2.75, 3.05) is 13.2 Å². The molecule has 432 valence electrons. The number of nitrogens with zero attached hydrogens (tertiary/aromatic N) is 5. The molecule has 5 atom stereocenters. The van der Waals surface area contributed by atoms with Crippen LogP contribution in [-0.2, 0) is 65.2 Å². The maximum atomic E-state index is 12.1.